The number of allylic oxidation sites excluding steroid dienone is 1. The number of carboxylic acids is 1. The SMILES string of the molecule is COc1ccc(/C=C/C(=O)c2ccccc2C(=O)O)c(O)c1. The first kappa shape index (κ1) is 15.3. The molecule has 0 radical (unpaired) electrons. The summed E-state index contributed by atoms with van der Waals surface area (Å²) >= 11 is 0. The highest BCUT2D eigenvalue weighted by molar-refractivity contribution is 6.12. The van der Waals surface area contributed by atoms with E-state index in [-0.39, 0.29) is 16.9 Å². The van der Waals surface area contributed by atoms with Crippen LogP contribution in [-0.2, 0) is 0 Å². The van der Waals surface area contributed by atoms with Crippen LogP contribution in [0, 0.1) is 0 Å². The molecule has 0 aliphatic rings. The maximum atomic E-state index is 12.1. The van der Waals surface area contributed by atoms with Crippen molar-refractivity contribution in [3.05, 3.63) is 65.2 Å². The van der Waals surface area contributed by atoms with Gasteiger partial charge in [0.2, 0.25) is 0 Å². The zero-order chi connectivity index (χ0) is 16.1. The predicted molar refractivity (Wildman–Crippen MR) is 81.4 cm³/mol. The molecule has 2 rings (SSSR count). The first-order valence-corrected chi connectivity index (χ1v) is 6.44. The van der Waals surface area contributed by atoms with Gasteiger partial charge in [0.05, 0.1) is 12.7 Å². The highest BCUT2D eigenvalue weighted by Crippen LogP contribution is 2.24. The van der Waals surface area contributed by atoms with Crippen LogP contribution in [0.5, 0.6) is 11.5 Å². The molecular formula is C17H14O5. The molecule has 2 N–H and O–H groups in total. The molecule has 0 amide bonds. The van der Waals surface area contributed by atoms with E-state index in [4.69, 9.17) is 9.84 Å². The van der Waals surface area contributed by atoms with Crippen molar-refractivity contribution in [2.45, 2.75) is 0 Å². The van der Waals surface area contributed by atoms with Gasteiger partial charge in [-0.1, -0.05) is 18.2 Å². The standard InChI is InChI=1S/C17H14O5/c1-22-12-8-6-11(16(19)10-12)7-9-15(18)13-4-2-3-5-14(13)17(20)21/h2-10,19H,1H3,(H,20,21)/b9-7+. The van der Waals surface area contributed by atoms with Gasteiger partial charge in [-0.25, -0.2) is 4.79 Å². The van der Waals surface area contributed by atoms with Gasteiger partial charge in [0.25, 0.3) is 0 Å². The Balaban J connectivity index is 2.27. The second-order valence-electron chi connectivity index (χ2n) is 4.47. The number of methoxy groups -OCH3 is 1. The van der Waals surface area contributed by atoms with Crippen molar-refractivity contribution < 1.29 is 24.5 Å². The number of hydrogen-bond donors (Lipinski definition) is 2. The van der Waals surface area contributed by atoms with Crippen LogP contribution in [0.15, 0.2) is 48.5 Å². The number of aromatic hydroxyl groups is 1. The van der Waals surface area contributed by atoms with Crippen molar-refractivity contribution in [2.75, 3.05) is 7.11 Å². The van der Waals surface area contributed by atoms with Crippen LogP contribution in [-0.4, -0.2) is 29.1 Å². The van der Waals surface area contributed by atoms with Crippen molar-refractivity contribution in [1.29, 1.82) is 0 Å². The van der Waals surface area contributed by atoms with Gasteiger partial charge >= 0.3 is 5.97 Å². The molecular weight excluding hydrogens is 284 g/mol. The van der Waals surface area contributed by atoms with Crippen LogP contribution in [0.2, 0.25) is 0 Å². The second-order valence-corrected chi connectivity index (χ2v) is 4.47. The van der Waals surface area contributed by atoms with Crippen molar-refractivity contribution in [2.24, 2.45) is 0 Å². The van der Waals surface area contributed by atoms with Crippen molar-refractivity contribution in [3.63, 3.8) is 0 Å². The lowest BCUT2D eigenvalue weighted by atomic mass is 10.0. The lowest BCUT2D eigenvalue weighted by molar-refractivity contribution is 0.0693. The molecule has 0 saturated carbocycles. The Morgan fingerprint density at radius 1 is 1.09 bits per heavy atom. The predicted octanol–water partition coefficient (Wildman–Crippen LogP) is 3.00. The topological polar surface area (TPSA) is 83.8 Å². The Kier molecular flexibility index (Phi) is 4.58. The van der Waals surface area contributed by atoms with Crippen LogP contribution in [0.25, 0.3) is 6.08 Å². The van der Waals surface area contributed by atoms with Gasteiger partial charge in [0.15, 0.2) is 5.78 Å². The van der Waals surface area contributed by atoms with E-state index in [2.05, 4.69) is 0 Å². The maximum Gasteiger partial charge on any atom is 0.336 e. The summed E-state index contributed by atoms with van der Waals surface area (Å²) in [6, 6.07) is 10.6. The Labute approximate surface area is 127 Å². The number of phenols is 1. The fourth-order valence-corrected chi connectivity index (χ4v) is 1.93. The summed E-state index contributed by atoms with van der Waals surface area (Å²) < 4.78 is 4.97. The summed E-state index contributed by atoms with van der Waals surface area (Å²) in [6.45, 7) is 0. The van der Waals surface area contributed by atoms with Gasteiger partial charge < -0.3 is 14.9 Å². The number of rotatable bonds is 5. The second kappa shape index (κ2) is 6.58. The molecule has 2 aromatic carbocycles. The molecule has 0 fully saturated rings. The van der Waals surface area contributed by atoms with E-state index in [1.54, 1.807) is 24.3 Å². The minimum absolute atomic E-state index is 0.0325. The quantitative estimate of drug-likeness (QED) is 0.655. The molecule has 0 bridgehead atoms. The number of ether oxygens (including phenoxy) is 1. The van der Waals surface area contributed by atoms with Crippen LogP contribution < -0.4 is 4.74 Å². The Hall–Kier alpha value is -3.08. The highest BCUT2D eigenvalue weighted by atomic mass is 16.5. The Morgan fingerprint density at radius 2 is 1.77 bits per heavy atom. The molecule has 0 spiro atoms. The first-order valence-electron chi connectivity index (χ1n) is 6.44. The molecule has 0 heterocycles. The van der Waals surface area contributed by atoms with Crippen LogP contribution >= 0.6 is 0 Å². The van der Waals surface area contributed by atoms with Crippen LogP contribution in [0.3, 0.4) is 0 Å². The molecule has 0 saturated heterocycles. The van der Waals surface area contributed by atoms with E-state index in [1.807, 2.05) is 0 Å². The van der Waals surface area contributed by atoms with Crippen molar-refractivity contribution in [3.8, 4) is 11.5 Å². The highest BCUT2D eigenvalue weighted by Gasteiger charge is 2.13. The number of phenolic OH excluding ortho intramolecular Hbond substituents is 1. The first-order chi connectivity index (χ1) is 10.5. The van der Waals surface area contributed by atoms with Gasteiger partial charge in [-0.05, 0) is 30.4 Å². The van der Waals surface area contributed by atoms with Gasteiger partial charge in [0.1, 0.15) is 11.5 Å². The Bertz CT molecular complexity index is 746. The number of aromatic carboxylic acids is 1. The zero-order valence-corrected chi connectivity index (χ0v) is 11.8. The molecule has 0 aliphatic carbocycles. The molecule has 2 aromatic rings. The molecule has 0 unspecified atom stereocenters. The normalized spacial score (nSPS) is 10.6. The van der Waals surface area contributed by atoms with E-state index in [9.17, 15) is 14.7 Å². The van der Waals surface area contributed by atoms with E-state index >= 15 is 0 Å². The number of hydrogen-bond acceptors (Lipinski definition) is 4. The third-order valence-electron chi connectivity index (χ3n) is 3.07. The summed E-state index contributed by atoms with van der Waals surface area (Å²) in [5.41, 5.74) is 0.470. The van der Waals surface area contributed by atoms with E-state index in [0.717, 1.165) is 0 Å². The lowest BCUT2D eigenvalue weighted by Gasteiger charge is -2.04. The average Bonchev–Trinajstić information content (AvgIpc) is 2.53. The van der Waals surface area contributed by atoms with E-state index in [0.29, 0.717) is 11.3 Å². The summed E-state index contributed by atoms with van der Waals surface area (Å²) in [7, 11) is 1.48. The van der Waals surface area contributed by atoms with E-state index in [1.165, 1.54) is 37.5 Å². The van der Waals surface area contributed by atoms with Crippen molar-refractivity contribution in [1.82, 2.24) is 0 Å². The minimum Gasteiger partial charge on any atom is -0.507 e. The number of carboxylic acid groups (broad SMARTS) is 1. The van der Waals surface area contributed by atoms with Crippen molar-refractivity contribution >= 4 is 17.8 Å². The number of carbonyl (C=O) groups is 2. The van der Waals surface area contributed by atoms with Gasteiger partial charge in [-0.2, -0.15) is 0 Å². The lowest BCUT2D eigenvalue weighted by Crippen LogP contribution is -2.06. The molecule has 112 valence electrons. The molecule has 0 aliphatic heterocycles. The molecule has 5 heteroatoms. The molecule has 22 heavy (non-hydrogen) atoms. The number of benzene rings is 2. The van der Waals surface area contributed by atoms with Crippen LogP contribution in [0.4, 0.5) is 0 Å². The largest absolute Gasteiger partial charge is 0.507 e. The monoisotopic (exact) mass is 298 g/mol. The van der Waals surface area contributed by atoms with E-state index < -0.39 is 11.8 Å². The van der Waals surface area contributed by atoms with Crippen LogP contribution in [0.1, 0.15) is 26.3 Å². The summed E-state index contributed by atoms with van der Waals surface area (Å²) in [6.07, 6.45) is 2.65. The van der Waals surface area contributed by atoms with Gasteiger partial charge in [-0.3, -0.25) is 4.79 Å². The molecule has 0 atom stereocenters. The average molecular weight is 298 g/mol. The smallest absolute Gasteiger partial charge is 0.336 e. The Morgan fingerprint density at radius 3 is 2.36 bits per heavy atom. The molecule has 0 aromatic heterocycles. The van der Waals surface area contributed by atoms with Gasteiger partial charge in [0, 0.05) is 17.2 Å². The number of carbonyl (C=O) groups excluding carboxylic acids is 1. The van der Waals surface area contributed by atoms with Gasteiger partial charge in [-0.15, -0.1) is 0 Å². The third kappa shape index (κ3) is 3.32. The maximum absolute atomic E-state index is 12.1. The minimum atomic E-state index is -1.16. The third-order valence-corrected chi connectivity index (χ3v) is 3.07. The number of ketones is 1. The summed E-state index contributed by atoms with van der Waals surface area (Å²) in [5, 5.41) is 18.9. The molecule has 5 nitrogen and oxygen atoms in total. The fourth-order valence-electron chi connectivity index (χ4n) is 1.93. The summed E-state index contributed by atoms with van der Waals surface area (Å²) in [4.78, 5) is 23.2. The zero-order valence-electron chi connectivity index (χ0n) is 11.8. The summed E-state index contributed by atoms with van der Waals surface area (Å²) in [5.74, 6) is -1.15. The fraction of sp³-hybridized carbons (Fsp3) is 0.0588.